The van der Waals surface area contributed by atoms with E-state index in [9.17, 15) is 10.1 Å². The maximum absolute atomic E-state index is 10.6. The number of benzene rings is 1. The van der Waals surface area contributed by atoms with Gasteiger partial charge in [-0.05, 0) is 11.6 Å². The van der Waals surface area contributed by atoms with Crippen LogP contribution in [-0.2, 0) is 5.33 Å². The average Bonchev–Trinajstić information content (AvgIpc) is 2.41. The molecule has 0 N–H and O–H groups in total. The number of halogens is 2. The fourth-order valence-corrected chi connectivity index (χ4v) is 1.89. The molecule has 0 bridgehead atoms. The van der Waals surface area contributed by atoms with Gasteiger partial charge in [-0.3, -0.25) is 10.1 Å². The summed E-state index contributed by atoms with van der Waals surface area (Å²) < 4.78 is 5.46. The van der Waals surface area contributed by atoms with Crippen LogP contribution >= 0.6 is 27.5 Å². The Morgan fingerprint density at radius 1 is 1.37 bits per heavy atom. The van der Waals surface area contributed by atoms with Gasteiger partial charge >= 0.3 is 0 Å². The fourth-order valence-electron chi connectivity index (χ4n) is 1.35. The lowest BCUT2D eigenvalue weighted by Crippen LogP contribution is -1.92. The van der Waals surface area contributed by atoms with E-state index < -0.39 is 4.92 Å². The minimum absolute atomic E-state index is 0.0834. The van der Waals surface area contributed by atoms with E-state index in [1.807, 2.05) is 6.07 Å². The van der Waals surface area contributed by atoms with E-state index in [-0.39, 0.29) is 10.7 Å². The molecule has 7 heteroatoms. The zero-order valence-corrected chi connectivity index (χ0v) is 11.9. The van der Waals surface area contributed by atoms with Crippen molar-refractivity contribution in [2.75, 3.05) is 0 Å². The number of rotatable bonds is 4. The molecule has 0 saturated carbocycles. The van der Waals surface area contributed by atoms with Crippen LogP contribution in [-0.4, -0.2) is 9.91 Å². The number of nitro groups is 1. The maximum Gasteiger partial charge on any atom is 0.271 e. The molecule has 0 atom stereocenters. The quantitative estimate of drug-likeness (QED) is 0.471. The van der Waals surface area contributed by atoms with Gasteiger partial charge in [0.05, 0.1) is 9.95 Å². The molecule has 0 aliphatic heterocycles. The van der Waals surface area contributed by atoms with E-state index in [4.69, 9.17) is 16.3 Å². The summed E-state index contributed by atoms with van der Waals surface area (Å²) in [5.41, 5.74) is 0.932. The number of pyridine rings is 1. The minimum Gasteiger partial charge on any atom is -0.437 e. The number of aromatic nitrogens is 1. The molecular weight excluding hydrogens is 336 g/mol. The van der Waals surface area contributed by atoms with Crippen molar-refractivity contribution in [1.29, 1.82) is 0 Å². The van der Waals surface area contributed by atoms with E-state index in [0.29, 0.717) is 17.0 Å². The lowest BCUT2D eigenvalue weighted by molar-refractivity contribution is -0.384. The van der Waals surface area contributed by atoms with E-state index in [1.54, 1.807) is 12.3 Å². The van der Waals surface area contributed by atoms with Crippen LogP contribution in [0, 0.1) is 10.1 Å². The molecule has 98 valence electrons. The second kappa shape index (κ2) is 5.99. The summed E-state index contributed by atoms with van der Waals surface area (Å²) in [6, 6.07) is 7.57. The molecule has 19 heavy (non-hydrogen) atoms. The molecule has 1 aromatic heterocycles. The summed E-state index contributed by atoms with van der Waals surface area (Å²) in [6.07, 6.45) is 1.67. The normalized spacial score (nSPS) is 10.2. The standard InChI is InChI=1S/C12H8BrClN2O3/c13-6-8-1-4-12(15-7-8)19-11-3-2-9(16(17)18)5-10(11)14/h1-5,7H,6H2. The van der Waals surface area contributed by atoms with Gasteiger partial charge in [-0.25, -0.2) is 4.98 Å². The van der Waals surface area contributed by atoms with Crippen molar-refractivity contribution >= 4 is 33.2 Å². The molecule has 0 amide bonds. The first-order valence-corrected chi connectivity index (χ1v) is 6.73. The molecule has 0 fully saturated rings. The molecule has 2 rings (SSSR count). The highest BCUT2D eigenvalue weighted by Crippen LogP contribution is 2.31. The molecule has 0 aliphatic carbocycles. The average molecular weight is 344 g/mol. The molecule has 1 aromatic carbocycles. The Balaban J connectivity index is 2.20. The van der Waals surface area contributed by atoms with Gasteiger partial charge in [0, 0.05) is 29.7 Å². The lowest BCUT2D eigenvalue weighted by atomic mass is 10.3. The number of hydrogen-bond acceptors (Lipinski definition) is 4. The highest BCUT2D eigenvalue weighted by Gasteiger charge is 2.11. The number of alkyl halides is 1. The highest BCUT2D eigenvalue weighted by atomic mass is 79.9. The first-order chi connectivity index (χ1) is 9.10. The Morgan fingerprint density at radius 3 is 2.68 bits per heavy atom. The van der Waals surface area contributed by atoms with Crippen molar-refractivity contribution < 1.29 is 9.66 Å². The van der Waals surface area contributed by atoms with Crippen LogP contribution in [0.1, 0.15) is 5.56 Å². The van der Waals surface area contributed by atoms with Crippen molar-refractivity contribution in [3.05, 3.63) is 57.2 Å². The van der Waals surface area contributed by atoms with Crippen LogP contribution in [0.25, 0.3) is 0 Å². The first kappa shape index (κ1) is 13.8. The predicted molar refractivity (Wildman–Crippen MR) is 75.0 cm³/mol. The van der Waals surface area contributed by atoms with Crippen molar-refractivity contribution in [2.45, 2.75) is 5.33 Å². The number of non-ortho nitro benzene ring substituents is 1. The van der Waals surface area contributed by atoms with Gasteiger partial charge in [-0.15, -0.1) is 0 Å². The van der Waals surface area contributed by atoms with Crippen LogP contribution < -0.4 is 4.74 Å². The topological polar surface area (TPSA) is 65.3 Å². The van der Waals surface area contributed by atoms with Crippen LogP contribution in [0.5, 0.6) is 11.6 Å². The smallest absolute Gasteiger partial charge is 0.271 e. The molecule has 0 saturated heterocycles. The van der Waals surface area contributed by atoms with Gasteiger partial charge in [0.25, 0.3) is 5.69 Å². The SMILES string of the molecule is O=[N+]([O-])c1ccc(Oc2ccc(CBr)cn2)c(Cl)c1. The Morgan fingerprint density at radius 2 is 2.16 bits per heavy atom. The second-order valence-corrected chi connectivity index (χ2v) is 4.58. The largest absolute Gasteiger partial charge is 0.437 e. The molecule has 1 heterocycles. The molecule has 2 aromatic rings. The zero-order chi connectivity index (χ0) is 13.8. The molecule has 0 aliphatic rings. The lowest BCUT2D eigenvalue weighted by Gasteiger charge is -2.06. The molecule has 0 radical (unpaired) electrons. The van der Waals surface area contributed by atoms with Crippen molar-refractivity contribution in [3.63, 3.8) is 0 Å². The summed E-state index contributed by atoms with van der Waals surface area (Å²) in [7, 11) is 0. The first-order valence-electron chi connectivity index (χ1n) is 5.23. The minimum atomic E-state index is -0.515. The number of ether oxygens (including phenoxy) is 1. The van der Waals surface area contributed by atoms with Crippen LogP contribution in [0.15, 0.2) is 36.5 Å². The zero-order valence-electron chi connectivity index (χ0n) is 9.55. The third-order valence-electron chi connectivity index (χ3n) is 2.29. The maximum atomic E-state index is 10.6. The number of hydrogen-bond donors (Lipinski definition) is 0. The van der Waals surface area contributed by atoms with E-state index in [1.165, 1.54) is 18.2 Å². The Bertz CT molecular complexity index is 604. The third kappa shape index (κ3) is 3.42. The summed E-state index contributed by atoms with van der Waals surface area (Å²) in [5, 5.41) is 11.5. The van der Waals surface area contributed by atoms with Crippen LogP contribution in [0.3, 0.4) is 0 Å². The third-order valence-corrected chi connectivity index (χ3v) is 3.24. The Labute approximate surface area is 122 Å². The Hall–Kier alpha value is -1.66. The van der Waals surface area contributed by atoms with Gasteiger partial charge < -0.3 is 4.74 Å². The van der Waals surface area contributed by atoms with Gasteiger partial charge in [-0.1, -0.05) is 33.6 Å². The second-order valence-electron chi connectivity index (χ2n) is 3.61. The van der Waals surface area contributed by atoms with Gasteiger partial charge in [0.1, 0.15) is 5.75 Å². The monoisotopic (exact) mass is 342 g/mol. The summed E-state index contributed by atoms with van der Waals surface area (Å²) in [6.45, 7) is 0. The van der Waals surface area contributed by atoms with Gasteiger partial charge in [-0.2, -0.15) is 0 Å². The van der Waals surface area contributed by atoms with E-state index in [2.05, 4.69) is 20.9 Å². The Kier molecular flexibility index (Phi) is 4.34. The number of nitrogens with zero attached hydrogens (tertiary/aromatic N) is 2. The summed E-state index contributed by atoms with van der Waals surface area (Å²) in [4.78, 5) is 14.2. The van der Waals surface area contributed by atoms with Crippen LogP contribution in [0.2, 0.25) is 5.02 Å². The fraction of sp³-hybridized carbons (Fsp3) is 0.0833. The molecular formula is C12H8BrClN2O3. The highest BCUT2D eigenvalue weighted by molar-refractivity contribution is 9.08. The molecule has 0 spiro atoms. The molecule has 0 unspecified atom stereocenters. The molecule has 5 nitrogen and oxygen atoms in total. The van der Waals surface area contributed by atoms with Crippen molar-refractivity contribution in [2.24, 2.45) is 0 Å². The van der Waals surface area contributed by atoms with E-state index in [0.717, 1.165) is 5.56 Å². The summed E-state index contributed by atoms with van der Waals surface area (Å²) >= 11 is 9.23. The van der Waals surface area contributed by atoms with Gasteiger partial charge in [0.2, 0.25) is 5.88 Å². The van der Waals surface area contributed by atoms with Crippen molar-refractivity contribution in [3.8, 4) is 11.6 Å². The van der Waals surface area contributed by atoms with Crippen LogP contribution in [0.4, 0.5) is 5.69 Å². The predicted octanol–water partition coefficient (Wildman–Crippen LogP) is 4.33. The van der Waals surface area contributed by atoms with E-state index >= 15 is 0 Å². The number of nitro benzene ring substituents is 1. The summed E-state index contributed by atoms with van der Waals surface area (Å²) in [5.74, 6) is 0.701. The van der Waals surface area contributed by atoms with Gasteiger partial charge in [0.15, 0.2) is 0 Å². The van der Waals surface area contributed by atoms with Crippen molar-refractivity contribution in [1.82, 2.24) is 4.98 Å².